The third-order valence-electron chi connectivity index (χ3n) is 4.23. The Morgan fingerprint density at radius 3 is 2.83 bits per heavy atom. The van der Waals surface area contributed by atoms with Crippen LogP contribution in [0.5, 0.6) is 0 Å². The van der Waals surface area contributed by atoms with Gasteiger partial charge in [-0.1, -0.05) is 11.6 Å². The number of hydrogen-bond acceptors (Lipinski definition) is 4. The van der Waals surface area contributed by atoms with Crippen LogP contribution in [0.25, 0.3) is 11.0 Å². The van der Waals surface area contributed by atoms with Crippen LogP contribution in [0.4, 0.5) is 0 Å². The largest absolute Gasteiger partial charge is 0.354 e. The molecule has 1 aliphatic carbocycles. The minimum absolute atomic E-state index is 0.147. The van der Waals surface area contributed by atoms with Crippen molar-refractivity contribution in [2.24, 2.45) is 0 Å². The van der Waals surface area contributed by atoms with Crippen LogP contribution >= 0.6 is 11.6 Å². The number of aromatic nitrogens is 2. The van der Waals surface area contributed by atoms with E-state index in [-0.39, 0.29) is 11.8 Å². The lowest BCUT2D eigenvalue weighted by Gasteiger charge is -2.10. The van der Waals surface area contributed by atoms with Crippen LogP contribution in [0, 0.1) is 0 Å². The van der Waals surface area contributed by atoms with Gasteiger partial charge in [-0.05, 0) is 31.4 Å². The summed E-state index contributed by atoms with van der Waals surface area (Å²) in [5.41, 5.74) is 1.88. The Balaban J connectivity index is 1.61. The van der Waals surface area contributed by atoms with Crippen LogP contribution in [0.2, 0.25) is 5.02 Å². The van der Waals surface area contributed by atoms with E-state index in [9.17, 15) is 9.59 Å². The summed E-state index contributed by atoms with van der Waals surface area (Å²) < 4.78 is 0. The Bertz CT molecular complexity index is 819. The van der Waals surface area contributed by atoms with Crippen LogP contribution in [0.15, 0.2) is 18.3 Å². The first kappa shape index (κ1) is 14.4. The van der Waals surface area contributed by atoms with Crippen molar-refractivity contribution in [2.75, 3.05) is 6.54 Å². The molecule has 3 heterocycles. The zero-order valence-electron chi connectivity index (χ0n) is 12.3. The molecule has 1 saturated carbocycles. The van der Waals surface area contributed by atoms with E-state index in [2.05, 4.69) is 20.6 Å². The standard InChI is InChI=1S/C16H15ClN4O2/c17-11-6-9-5-10(15(22)20-12-3-4-18-16(12)23)7-19-14(9)21-13(11)8-1-2-8/h5-8,12H,1-4H2,(H,18,23)(H,20,22)/t12-/m0/s1. The Morgan fingerprint density at radius 1 is 1.30 bits per heavy atom. The van der Waals surface area contributed by atoms with Crippen LogP contribution < -0.4 is 10.6 Å². The first-order valence-corrected chi connectivity index (χ1v) is 8.04. The van der Waals surface area contributed by atoms with Crippen LogP contribution in [0.1, 0.15) is 41.2 Å². The van der Waals surface area contributed by atoms with Gasteiger partial charge in [0, 0.05) is 24.0 Å². The summed E-state index contributed by atoms with van der Waals surface area (Å²) in [5, 5.41) is 6.75. The van der Waals surface area contributed by atoms with Crippen molar-refractivity contribution in [1.29, 1.82) is 0 Å². The predicted octanol–water partition coefficient (Wildman–Crippen LogP) is 1.78. The van der Waals surface area contributed by atoms with Gasteiger partial charge < -0.3 is 10.6 Å². The van der Waals surface area contributed by atoms with Gasteiger partial charge in [-0.2, -0.15) is 0 Å². The monoisotopic (exact) mass is 330 g/mol. The maximum Gasteiger partial charge on any atom is 0.253 e. The summed E-state index contributed by atoms with van der Waals surface area (Å²) in [6.45, 7) is 0.587. The second-order valence-corrected chi connectivity index (χ2v) is 6.41. The van der Waals surface area contributed by atoms with E-state index >= 15 is 0 Å². The van der Waals surface area contributed by atoms with Crippen LogP contribution in [-0.2, 0) is 4.79 Å². The fraction of sp³-hybridized carbons (Fsp3) is 0.375. The molecular formula is C16H15ClN4O2. The van der Waals surface area contributed by atoms with Crippen molar-refractivity contribution in [3.05, 3.63) is 34.6 Å². The molecule has 118 valence electrons. The van der Waals surface area contributed by atoms with E-state index in [0.717, 1.165) is 23.9 Å². The average molecular weight is 331 g/mol. The average Bonchev–Trinajstić information content (AvgIpc) is 3.30. The highest BCUT2D eigenvalue weighted by Gasteiger charge is 2.28. The highest BCUT2D eigenvalue weighted by atomic mass is 35.5. The van der Waals surface area contributed by atoms with Crippen molar-refractivity contribution in [1.82, 2.24) is 20.6 Å². The number of amides is 2. The number of pyridine rings is 2. The zero-order chi connectivity index (χ0) is 16.0. The number of nitrogens with one attached hydrogen (secondary N) is 2. The first-order valence-electron chi connectivity index (χ1n) is 7.66. The number of halogens is 1. The number of carbonyl (C=O) groups excluding carboxylic acids is 2. The van der Waals surface area contributed by atoms with Gasteiger partial charge in [-0.15, -0.1) is 0 Å². The van der Waals surface area contributed by atoms with E-state index in [1.807, 2.05) is 6.07 Å². The second kappa shape index (κ2) is 5.45. The number of rotatable bonds is 3. The highest BCUT2D eigenvalue weighted by molar-refractivity contribution is 6.32. The van der Waals surface area contributed by atoms with Gasteiger partial charge in [0.1, 0.15) is 6.04 Å². The van der Waals surface area contributed by atoms with Crippen molar-refractivity contribution in [3.63, 3.8) is 0 Å². The molecule has 0 radical (unpaired) electrons. The smallest absolute Gasteiger partial charge is 0.253 e. The SMILES string of the molecule is O=C(N[C@H]1CCNC1=O)c1cnc2nc(C3CC3)c(Cl)cc2c1. The normalized spacial score (nSPS) is 20.6. The number of nitrogens with zero attached hydrogens (tertiary/aromatic N) is 2. The van der Waals surface area contributed by atoms with Crippen LogP contribution in [-0.4, -0.2) is 34.4 Å². The molecular weight excluding hydrogens is 316 g/mol. The van der Waals surface area contributed by atoms with Gasteiger partial charge in [0.05, 0.1) is 16.3 Å². The van der Waals surface area contributed by atoms with Crippen molar-refractivity contribution >= 4 is 34.4 Å². The first-order chi connectivity index (χ1) is 11.1. The number of carbonyl (C=O) groups is 2. The Morgan fingerprint density at radius 2 is 2.13 bits per heavy atom. The van der Waals surface area contributed by atoms with Gasteiger partial charge in [0.2, 0.25) is 5.91 Å². The maximum atomic E-state index is 12.3. The summed E-state index contributed by atoms with van der Waals surface area (Å²) in [6, 6.07) is 3.04. The van der Waals surface area contributed by atoms with Gasteiger partial charge in [0.15, 0.2) is 5.65 Å². The van der Waals surface area contributed by atoms with Gasteiger partial charge in [-0.25, -0.2) is 9.97 Å². The molecule has 6 nitrogen and oxygen atoms in total. The summed E-state index contributed by atoms with van der Waals surface area (Å²) in [6.07, 6.45) is 4.32. The predicted molar refractivity (Wildman–Crippen MR) is 85.4 cm³/mol. The van der Waals surface area contributed by atoms with Crippen LogP contribution in [0.3, 0.4) is 0 Å². The summed E-state index contributed by atoms with van der Waals surface area (Å²) in [4.78, 5) is 32.6. The molecule has 2 N–H and O–H groups in total. The lowest BCUT2D eigenvalue weighted by molar-refractivity contribution is -0.120. The zero-order valence-corrected chi connectivity index (χ0v) is 13.1. The summed E-state index contributed by atoms with van der Waals surface area (Å²) in [7, 11) is 0. The molecule has 2 amide bonds. The van der Waals surface area contributed by atoms with E-state index < -0.39 is 6.04 Å². The fourth-order valence-electron chi connectivity index (χ4n) is 2.79. The molecule has 4 rings (SSSR count). The van der Waals surface area contributed by atoms with Gasteiger partial charge >= 0.3 is 0 Å². The summed E-state index contributed by atoms with van der Waals surface area (Å²) in [5.74, 6) is -0.0210. The molecule has 0 bridgehead atoms. The third kappa shape index (κ3) is 2.74. The molecule has 2 aliphatic rings. The lowest BCUT2D eigenvalue weighted by atomic mass is 10.1. The molecule has 2 aromatic heterocycles. The molecule has 0 unspecified atom stereocenters. The summed E-state index contributed by atoms with van der Waals surface area (Å²) >= 11 is 6.28. The maximum absolute atomic E-state index is 12.3. The fourth-order valence-corrected chi connectivity index (χ4v) is 3.11. The molecule has 7 heteroatoms. The van der Waals surface area contributed by atoms with Crippen molar-refractivity contribution in [2.45, 2.75) is 31.2 Å². The van der Waals surface area contributed by atoms with Crippen molar-refractivity contribution < 1.29 is 9.59 Å². The highest BCUT2D eigenvalue weighted by Crippen LogP contribution is 2.42. The quantitative estimate of drug-likeness (QED) is 0.898. The molecule has 1 saturated heterocycles. The minimum Gasteiger partial charge on any atom is -0.354 e. The second-order valence-electron chi connectivity index (χ2n) is 6.01. The molecule has 1 atom stereocenters. The molecule has 2 fully saturated rings. The van der Waals surface area contributed by atoms with Gasteiger partial charge in [-0.3, -0.25) is 9.59 Å². The topological polar surface area (TPSA) is 84.0 Å². The molecule has 23 heavy (non-hydrogen) atoms. The van der Waals surface area contributed by atoms with Crippen molar-refractivity contribution in [3.8, 4) is 0 Å². The Labute approximate surface area is 137 Å². The Kier molecular flexibility index (Phi) is 3.41. The van der Waals surface area contributed by atoms with E-state index in [1.54, 1.807) is 6.07 Å². The number of hydrogen-bond donors (Lipinski definition) is 2. The van der Waals surface area contributed by atoms with E-state index in [1.165, 1.54) is 6.20 Å². The van der Waals surface area contributed by atoms with E-state index in [0.29, 0.717) is 35.1 Å². The molecule has 0 spiro atoms. The molecule has 0 aromatic carbocycles. The molecule has 2 aromatic rings. The Hall–Kier alpha value is -2.21. The minimum atomic E-state index is -0.475. The lowest BCUT2D eigenvalue weighted by Crippen LogP contribution is -2.40. The third-order valence-corrected chi connectivity index (χ3v) is 4.53. The molecule has 1 aliphatic heterocycles. The van der Waals surface area contributed by atoms with E-state index in [4.69, 9.17) is 11.6 Å². The van der Waals surface area contributed by atoms with Gasteiger partial charge in [0.25, 0.3) is 5.91 Å². The number of fused-ring (bicyclic) bond motifs is 1.